The monoisotopic (exact) mass is 344 g/mol. The van der Waals surface area contributed by atoms with Crippen LogP contribution in [-0.2, 0) is 13.0 Å². The smallest absolute Gasteiger partial charge is 0.276 e. The van der Waals surface area contributed by atoms with E-state index in [1.165, 1.54) is 15.8 Å². The lowest BCUT2D eigenvalue weighted by Gasteiger charge is -2.33. The van der Waals surface area contributed by atoms with Crippen molar-refractivity contribution in [2.75, 3.05) is 51.7 Å². The van der Waals surface area contributed by atoms with Crippen LogP contribution in [0.5, 0.6) is 0 Å². The van der Waals surface area contributed by atoms with E-state index in [0.29, 0.717) is 5.78 Å². The molecule has 2 aliphatic heterocycles. The molecule has 1 saturated heterocycles. The largest absolute Gasteiger partial charge is 0.353 e. The number of fused-ring (bicyclic) bond motifs is 5. The first kappa shape index (κ1) is 14.5. The van der Waals surface area contributed by atoms with Gasteiger partial charge in [0.05, 0.1) is 5.39 Å². The van der Waals surface area contributed by atoms with Gasteiger partial charge in [0.2, 0.25) is 0 Å². The van der Waals surface area contributed by atoms with E-state index < -0.39 is 0 Å². The number of likely N-dealkylation sites (N-methyl/N-ethyl adjacent to an activating group) is 2. The minimum atomic E-state index is 0.600. The van der Waals surface area contributed by atoms with Crippen molar-refractivity contribution in [2.24, 2.45) is 0 Å². The molecule has 3 aromatic rings. The zero-order valence-electron chi connectivity index (χ0n) is 13.9. The Morgan fingerprint density at radius 1 is 1.00 bits per heavy atom. The van der Waals surface area contributed by atoms with Gasteiger partial charge in [-0.05, 0) is 36.5 Å². The number of rotatable bonds is 1. The van der Waals surface area contributed by atoms with Crippen LogP contribution in [0.1, 0.15) is 10.4 Å². The Kier molecular flexibility index (Phi) is 3.22. The zero-order chi connectivity index (χ0) is 16.3. The molecule has 0 bridgehead atoms. The maximum Gasteiger partial charge on any atom is 0.276 e. The summed E-state index contributed by atoms with van der Waals surface area (Å²) in [5.74, 6) is 1.67. The zero-order valence-corrected chi connectivity index (χ0v) is 14.8. The second-order valence-corrected chi connectivity index (χ2v) is 7.87. The van der Waals surface area contributed by atoms with Gasteiger partial charge in [0, 0.05) is 44.1 Å². The Morgan fingerprint density at radius 2 is 1.83 bits per heavy atom. The van der Waals surface area contributed by atoms with Crippen molar-refractivity contribution in [3.8, 4) is 0 Å². The molecule has 5 heterocycles. The van der Waals surface area contributed by atoms with Gasteiger partial charge in [0.1, 0.15) is 10.6 Å². The van der Waals surface area contributed by atoms with Crippen molar-refractivity contribution in [3.63, 3.8) is 0 Å². The quantitative estimate of drug-likeness (QED) is 0.636. The van der Waals surface area contributed by atoms with Crippen LogP contribution in [0.4, 0.5) is 5.82 Å². The van der Waals surface area contributed by atoms with Crippen molar-refractivity contribution in [3.05, 3.63) is 10.4 Å². The van der Waals surface area contributed by atoms with Crippen LogP contribution in [0.15, 0.2) is 0 Å². The fourth-order valence-electron chi connectivity index (χ4n) is 3.68. The van der Waals surface area contributed by atoms with Gasteiger partial charge >= 0.3 is 0 Å². The lowest BCUT2D eigenvalue weighted by Crippen LogP contribution is -2.45. The summed E-state index contributed by atoms with van der Waals surface area (Å²) in [5, 5.41) is 13.4. The molecule has 0 N–H and O–H groups in total. The third-order valence-corrected chi connectivity index (χ3v) is 6.30. The van der Waals surface area contributed by atoms with E-state index in [0.717, 1.165) is 56.3 Å². The summed E-state index contributed by atoms with van der Waals surface area (Å²) in [6.45, 7) is 6.22. The maximum atomic E-state index is 4.84. The van der Waals surface area contributed by atoms with Crippen molar-refractivity contribution in [1.29, 1.82) is 0 Å². The van der Waals surface area contributed by atoms with Crippen LogP contribution in [0.3, 0.4) is 0 Å². The van der Waals surface area contributed by atoms with Crippen molar-refractivity contribution < 1.29 is 0 Å². The van der Waals surface area contributed by atoms with Crippen LogP contribution >= 0.6 is 11.3 Å². The molecule has 24 heavy (non-hydrogen) atoms. The van der Waals surface area contributed by atoms with E-state index in [1.54, 1.807) is 4.52 Å². The van der Waals surface area contributed by atoms with Crippen LogP contribution in [0.25, 0.3) is 16.0 Å². The lowest BCUT2D eigenvalue weighted by atomic mass is 10.0. The summed E-state index contributed by atoms with van der Waals surface area (Å²) in [6, 6.07) is 0. The highest BCUT2D eigenvalue weighted by Crippen LogP contribution is 2.39. The molecule has 0 spiro atoms. The second kappa shape index (κ2) is 5.33. The first-order chi connectivity index (χ1) is 11.7. The highest BCUT2D eigenvalue weighted by atomic mass is 32.1. The van der Waals surface area contributed by atoms with Crippen molar-refractivity contribution in [2.45, 2.75) is 13.0 Å². The Balaban J connectivity index is 1.74. The SMILES string of the molecule is CN1CCN(c2nc3nnnn3c3sc4c(c23)CCN(C)C4)CC1. The Morgan fingerprint density at radius 3 is 2.67 bits per heavy atom. The fraction of sp³-hybridized carbons (Fsp3) is 0.600. The predicted molar refractivity (Wildman–Crippen MR) is 93.7 cm³/mol. The van der Waals surface area contributed by atoms with Crippen LogP contribution < -0.4 is 4.90 Å². The average molecular weight is 344 g/mol. The number of anilines is 1. The van der Waals surface area contributed by atoms with E-state index in [4.69, 9.17) is 4.98 Å². The first-order valence-corrected chi connectivity index (χ1v) is 9.17. The van der Waals surface area contributed by atoms with E-state index in [9.17, 15) is 0 Å². The normalized spacial score (nSPS) is 20.2. The Hall–Kier alpha value is -1.84. The van der Waals surface area contributed by atoms with E-state index in [2.05, 4.69) is 44.3 Å². The van der Waals surface area contributed by atoms with Gasteiger partial charge in [-0.1, -0.05) is 5.10 Å². The molecular weight excluding hydrogens is 324 g/mol. The highest BCUT2D eigenvalue weighted by Gasteiger charge is 2.27. The molecule has 0 atom stereocenters. The topological polar surface area (TPSA) is 65.7 Å². The van der Waals surface area contributed by atoms with E-state index in [-0.39, 0.29) is 0 Å². The summed E-state index contributed by atoms with van der Waals surface area (Å²) in [4.78, 5) is 14.5. The van der Waals surface area contributed by atoms with Gasteiger partial charge < -0.3 is 14.7 Å². The number of tetrazole rings is 1. The molecule has 126 valence electrons. The maximum absolute atomic E-state index is 4.84. The third-order valence-electron chi connectivity index (χ3n) is 5.11. The number of aromatic nitrogens is 5. The molecule has 0 aliphatic carbocycles. The Bertz CT molecular complexity index is 907. The van der Waals surface area contributed by atoms with Crippen molar-refractivity contribution >= 4 is 33.1 Å². The summed E-state index contributed by atoms with van der Waals surface area (Å²) >= 11 is 1.82. The predicted octanol–water partition coefficient (Wildman–Crippen LogP) is 0.474. The fourth-order valence-corrected chi connectivity index (χ4v) is 5.04. The summed E-state index contributed by atoms with van der Waals surface area (Å²) in [5.41, 5.74) is 1.45. The Labute approximate surface area is 143 Å². The minimum Gasteiger partial charge on any atom is -0.353 e. The molecule has 0 radical (unpaired) electrons. The average Bonchev–Trinajstić information content (AvgIpc) is 3.18. The van der Waals surface area contributed by atoms with Gasteiger partial charge in [0.15, 0.2) is 0 Å². The number of hydrogen-bond donors (Lipinski definition) is 0. The summed E-state index contributed by atoms with van der Waals surface area (Å²) < 4.78 is 1.80. The second-order valence-electron chi connectivity index (χ2n) is 6.79. The first-order valence-electron chi connectivity index (χ1n) is 8.35. The van der Waals surface area contributed by atoms with Crippen LogP contribution in [0.2, 0.25) is 0 Å². The van der Waals surface area contributed by atoms with Gasteiger partial charge in [-0.2, -0.15) is 9.50 Å². The van der Waals surface area contributed by atoms with Gasteiger partial charge in [-0.25, -0.2) is 0 Å². The highest BCUT2D eigenvalue weighted by molar-refractivity contribution is 7.19. The number of nitrogens with zero attached hydrogens (tertiary/aromatic N) is 8. The van der Waals surface area contributed by atoms with Gasteiger partial charge in [0.25, 0.3) is 5.78 Å². The molecule has 2 aliphatic rings. The van der Waals surface area contributed by atoms with E-state index in [1.807, 2.05) is 11.3 Å². The van der Waals surface area contributed by atoms with Crippen LogP contribution in [0, 0.1) is 0 Å². The third kappa shape index (κ3) is 2.11. The van der Waals surface area contributed by atoms with Gasteiger partial charge in [-0.3, -0.25) is 0 Å². The molecule has 8 nitrogen and oxygen atoms in total. The molecule has 5 rings (SSSR count). The number of hydrogen-bond acceptors (Lipinski definition) is 8. The number of piperazine rings is 1. The number of thiophene rings is 1. The molecule has 3 aromatic heterocycles. The summed E-state index contributed by atoms with van der Waals surface area (Å²) in [6.07, 6.45) is 1.07. The lowest BCUT2D eigenvalue weighted by molar-refractivity contribution is 0.312. The molecule has 0 aromatic carbocycles. The van der Waals surface area contributed by atoms with Crippen molar-refractivity contribution in [1.82, 2.24) is 34.8 Å². The van der Waals surface area contributed by atoms with Gasteiger partial charge in [-0.15, -0.1) is 11.3 Å². The molecule has 0 amide bonds. The molecule has 9 heteroatoms. The summed E-state index contributed by atoms with van der Waals surface area (Å²) in [7, 11) is 4.36. The van der Waals surface area contributed by atoms with E-state index >= 15 is 0 Å². The molecular formula is C15H20N8S. The molecule has 1 fully saturated rings. The standard InChI is InChI=1S/C15H20N8S/c1-20-5-7-22(8-6-20)13-12-10-3-4-21(2)9-11(10)24-14(12)23-15(16-13)17-18-19-23/h3-9H2,1-2H3. The minimum absolute atomic E-state index is 0.600. The molecule has 0 unspecified atom stereocenters. The van der Waals surface area contributed by atoms with Crippen LogP contribution in [-0.4, -0.2) is 81.6 Å². The molecule has 0 saturated carbocycles.